The SMILES string of the molecule is CCOc1cc(/C(O)=C2/C(=O)C(=O)N(c3ccc(CC)cc3)C2c2ccc(OC)cc2)ccc1Cl. The molecule has 6 nitrogen and oxygen atoms in total. The van der Waals surface area contributed by atoms with Gasteiger partial charge < -0.3 is 14.6 Å². The highest BCUT2D eigenvalue weighted by atomic mass is 35.5. The van der Waals surface area contributed by atoms with Crippen LogP contribution in [0.2, 0.25) is 5.02 Å². The highest BCUT2D eigenvalue weighted by molar-refractivity contribution is 6.51. The van der Waals surface area contributed by atoms with Crippen LogP contribution in [-0.2, 0) is 16.0 Å². The van der Waals surface area contributed by atoms with E-state index in [0.29, 0.717) is 39.9 Å². The molecule has 1 fully saturated rings. The van der Waals surface area contributed by atoms with Gasteiger partial charge in [-0.15, -0.1) is 0 Å². The lowest BCUT2D eigenvalue weighted by Crippen LogP contribution is -2.29. The van der Waals surface area contributed by atoms with Crippen LogP contribution in [0.3, 0.4) is 0 Å². The molecule has 1 saturated heterocycles. The third-order valence-corrected chi connectivity index (χ3v) is 6.32. The van der Waals surface area contributed by atoms with Crippen LogP contribution >= 0.6 is 11.6 Å². The third-order valence-electron chi connectivity index (χ3n) is 6.00. The summed E-state index contributed by atoms with van der Waals surface area (Å²) in [6, 6.07) is 18.5. The molecule has 1 aliphatic heterocycles. The van der Waals surface area contributed by atoms with Crippen LogP contribution in [-0.4, -0.2) is 30.5 Å². The molecule has 0 spiro atoms. The summed E-state index contributed by atoms with van der Waals surface area (Å²) in [6.45, 7) is 4.25. The number of hydrogen-bond donors (Lipinski definition) is 1. The van der Waals surface area contributed by atoms with Gasteiger partial charge in [0.25, 0.3) is 11.7 Å². The van der Waals surface area contributed by atoms with Gasteiger partial charge in [0.1, 0.15) is 17.3 Å². The van der Waals surface area contributed by atoms with Crippen molar-refractivity contribution in [2.75, 3.05) is 18.6 Å². The first-order valence-corrected chi connectivity index (χ1v) is 11.7. The molecule has 0 radical (unpaired) electrons. The minimum Gasteiger partial charge on any atom is -0.507 e. The average Bonchev–Trinajstić information content (AvgIpc) is 3.15. The van der Waals surface area contributed by atoms with Gasteiger partial charge in [-0.05, 0) is 66.9 Å². The second-order valence-electron chi connectivity index (χ2n) is 8.04. The maximum atomic E-state index is 13.3. The van der Waals surface area contributed by atoms with Crippen molar-refractivity contribution in [3.05, 3.63) is 94.0 Å². The Morgan fingerprint density at radius 3 is 2.29 bits per heavy atom. The largest absolute Gasteiger partial charge is 0.507 e. The number of anilines is 1. The maximum Gasteiger partial charge on any atom is 0.300 e. The minimum atomic E-state index is -0.834. The van der Waals surface area contributed by atoms with Gasteiger partial charge in [0.15, 0.2) is 0 Å². The first-order valence-electron chi connectivity index (χ1n) is 11.4. The van der Waals surface area contributed by atoms with Gasteiger partial charge >= 0.3 is 0 Å². The van der Waals surface area contributed by atoms with Gasteiger partial charge in [0.05, 0.1) is 30.4 Å². The van der Waals surface area contributed by atoms with E-state index in [1.54, 1.807) is 49.6 Å². The molecule has 180 valence electrons. The average molecular weight is 492 g/mol. The zero-order valence-corrected chi connectivity index (χ0v) is 20.5. The van der Waals surface area contributed by atoms with Crippen LogP contribution in [0.4, 0.5) is 5.69 Å². The smallest absolute Gasteiger partial charge is 0.300 e. The predicted molar refractivity (Wildman–Crippen MR) is 136 cm³/mol. The number of nitrogens with zero attached hydrogens (tertiary/aromatic N) is 1. The van der Waals surface area contributed by atoms with Crippen LogP contribution in [0.5, 0.6) is 11.5 Å². The number of methoxy groups -OCH3 is 1. The number of carbonyl (C=O) groups is 2. The minimum absolute atomic E-state index is 0.00972. The number of hydrogen-bond acceptors (Lipinski definition) is 5. The Morgan fingerprint density at radius 2 is 1.69 bits per heavy atom. The number of carbonyl (C=O) groups excluding carboxylic acids is 2. The summed E-state index contributed by atoms with van der Waals surface area (Å²) >= 11 is 6.21. The quantitative estimate of drug-likeness (QED) is 0.251. The lowest BCUT2D eigenvalue weighted by atomic mass is 9.95. The summed E-state index contributed by atoms with van der Waals surface area (Å²) in [4.78, 5) is 28.0. The number of ether oxygens (including phenoxy) is 2. The Labute approximate surface area is 209 Å². The van der Waals surface area contributed by atoms with Crippen molar-refractivity contribution >= 4 is 34.7 Å². The van der Waals surface area contributed by atoms with E-state index in [1.807, 2.05) is 38.1 Å². The van der Waals surface area contributed by atoms with Gasteiger partial charge in [0, 0.05) is 11.3 Å². The zero-order chi connectivity index (χ0) is 25.1. The molecule has 0 saturated carbocycles. The summed E-state index contributed by atoms with van der Waals surface area (Å²) in [6.07, 6.45) is 0.847. The number of halogens is 1. The van der Waals surface area contributed by atoms with Crippen LogP contribution in [0.1, 0.15) is 36.6 Å². The second kappa shape index (κ2) is 10.2. The molecule has 1 unspecified atom stereocenters. The molecule has 0 aromatic heterocycles. The molecule has 3 aromatic carbocycles. The Balaban J connectivity index is 1.90. The first-order chi connectivity index (χ1) is 16.9. The molecule has 35 heavy (non-hydrogen) atoms. The molecule has 1 heterocycles. The summed E-state index contributed by atoms with van der Waals surface area (Å²) in [5.41, 5.74) is 2.65. The van der Waals surface area contributed by atoms with E-state index in [1.165, 1.54) is 4.90 Å². The molecule has 4 rings (SSSR count). The van der Waals surface area contributed by atoms with Gasteiger partial charge in [-0.25, -0.2) is 0 Å². The topological polar surface area (TPSA) is 76.1 Å². The Kier molecular flexibility index (Phi) is 7.12. The summed E-state index contributed by atoms with van der Waals surface area (Å²) in [5, 5.41) is 11.7. The third kappa shape index (κ3) is 4.62. The number of aliphatic hydroxyl groups is 1. The fourth-order valence-electron chi connectivity index (χ4n) is 4.16. The van der Waals surface area contributed by atoms with E-state index in [2.05, 4.69) is 0 Å². The van der Waals surface area contributed by atoms with E-state index < -0.39 is 17.7 Å². The number of aryl methyl sites for hydroxylation is 1. The van der Waals surface area contributed by atoms with Crippen molar-refractivity contribution < 1.29 is 24.2 Å². The number of rotatable bonds is 7. The molecule has 0 aliphatic carbocycles. The molecule has 0 bridgehead atoms. The van der Waals surface area contributed by atoms with E-state index in [-0.39, 0.29) is 11.3 Å². The van der Waals surface area contributed by atoms with Crippen LogP contribution < -0.4 is 14.4 Å². The lowest BCUT2D eigenvalue weighted by Gasteiger charge is -2.26. The van der Waals surface area contributed by atoms with Gasteiger partial charge in [-0.3, -0.25) is 14.5 Å². The number of aliphatic hydroxyl groups excluding tert-OH is 1. The van der Waals surface area contributed by atoms with Gasteiger partial charge in [0.2, 0.25) is 0 Å². The van der Waals surface area contributed by atoms with Crippen molar-refractivity contribution in [2.24, 2.45) is 0 Å². The Morgan fingerprint density at radius 1 is 1.00 bits per heavy atom. The molecular formula is C28H26ClNO5. The summed E-state index contributed by atoms with van der Waals surface area (Å²) in [7, 11) is 1.56. The molecule has 1 atom stereocenters. The Hall–Kier alpha value is -3.77. The fraction of sp³-hybridized carbons (Fsp3) is 0.214. The summed E-state index contributed by atoms with van der Waals surface area (Å²) < 4.78 is 10.8. The van der Waals surface area contributed by atoms with Gasteiger partial charge in [-0.2, -0.15) is 0 Å². The number of benzene rings is 3. The standard InChI is InChI=1S/C28H26ClNO5/c1-4-17-6-11-20(12-7-17)30-25(18-8-13-21(34-3)14-9-18)24(27(32)28(30)33)26(31)19-10-15-22(29)23(16-19)35-5-2/h6-16,25,31H,4-5H2,1-3H3/b26-24-. The normalized spacial score (nSPS) is 17.0. The number of Topliss-reactive ketones (excluding diaryl/α,β-unsaturated/α-hetero) is 1. The first kappa shape index (κ1) is 24.4. The van der Waals surface area contributed by atoms with Crippen LogP contribution in [0.15, 0.2) is 72.3 Å². The van der Waals surface area contributed by atoms with E-state index in [9.17, 15) is 14.7 Å². The van der Waals surface area contributed by atoms with Crippen molar-refractivity contribution in [2.45, 2.75) is 26.3 Å². The molecule has 1 N–H and O–H groups in total. The predicted octanol–water partition coefficient (Wildman–Crippen LogP) is 5.94. The molecule has 7 heteroatoms. The molecule has 1 amide bonds. The van der Waals surface area contributed by atoms with Crippen LogP contribution in [0.25, 0.3) is 5.76 Å². The van der Waals surface area contributed by atoms with Crippen molar-refractivity contribution in [1.29, 1.82) is 0 Å². The lowest BCUT2D eigenvalue weighted by molar-refractivity contribution is -0.132. The van der Waals surface area contributed by atoms with E-state index in [4.69, 9.17) is 21.1 Å². The van der Waals surface area contributed by atoms with Crippen molar-refractivity contribution in [3.8, 4) is 11.5 Å². The number of amides is 1. The second-order valence-corrected chi connectivity index (χ2v) is 8.45. The van der Waals surface area contributed by atoms with Crippen molar-refractivity contribution in [3.63, 3.8) is 0 Å². The van der Waals surface area contributed by atoms with Gasteiger partial charge in [-0.1, -0.05) is 42.8 Å². The molecule has 1 aliphatic rings. The molecule has 3 aromatic rings. The monoisotopic (exact) mass is 491 g/mol. The molecular weight excluding hydrogens is 466 g/mol. The Bertz CT molecular complexity index is 1280. The van der Waals surface area contributed by atoms with E-state index in [0.717, 1.165) is 12.0 Å². The van der Waals surface area contributed by atoms with E-state index >= 15 is 0 Å². The highest BCUT2D eigenvalue weighted by Gasteiger charge is 2.47. The zero-order valence-electron chi connectivity index (χ0n) is 19.7. The maximum absolute atomic E-state index is 13.3. The summed E-state index contributed by atoms with van der Waals surface area (Å²) in [5.74, 6) is -0.762. The van der Waals surface area contributed by atoms with Crippen molar-refractivity contribution in [1.82, 2.24) is 0 Å². The highest BCUT2D eigenvalue weighted by Crippen LogP contribution is 2.43. The fourth-order valence-corrected chi connectivity index (χ4v) is 4.34. The number of ketones is 1. The van der Waals surface area contributed by atoms with Crippen LogP contribution in [0, 0.1) is 0 Å².